The number of nitrogens with one attached hydrogen (secondary N) is 1. The van der Waals surface area contributed by atoms with Gasteiger partial charge in [-0.3, -0.25) is 4.84 Å². The zero-order valence-electron chi connectivity index (χ0n) is 8.05. The van der Waals surface area contributed by atoms with E-state index in [-0.39, 0.29) is 17.5 Å². The van der Waals surface area contributed by atoms with Crippen LogP contribution in [-0.2, 0) is 9.63 Å². The Balaban J connectivity index is 0. The monoisotopic (exact) mass is 211 g/mol. The number of carbonyl (C=O) groups excluding carboxylic acids is 1. The third-order valence-electron chi connectivity index (χ3n) is 1.12. The van der Waals surface area contributed by atoms with E-state index in [0.29, 0.717) is 0 Å². The fourth-order valence-corrected chi connectivity index (χ4v) is 0.661. The van der Waals surface area contributed by atoms with Crippen LogP contribution in [0.2, 0.25) is 0 Å². The summed E-state index contributed by atoms with van der Waals surface area (Å²) in [6, 6.07) is 0. The second-order valence-corrected chi connectivity index (χ2v) is 3.48. The number of amides is 1. The Morgan fingerprint density at radius 2 is 1.69 bits per heavy atom. The molecule has 1 unspecified atom stereocenters. The number of quaternary nitrogens is 1. The topological polar surface area (TPSA) is 68.0 Å². The number of rotatable bonds is 0. The molecule has 0 bridgehead atoms. The Hall–Kier alpha value is -0.810. The molecule has 0 aromatic rings. The van der Waals surface area contributed by atoms with Gasteiger partial charge in [0, 0.05) is 6.92 Å². The van der Waals surface area contributed by atoms with Crippen molar-refractivity contribution in [1.29, 1.82) is 0 Å². The van der Waals surface area contributed by atoms with Crippen LogP contribution in [0.25, 0.3) is 0 Å². The maximum Gasteiger partial charge on any atom is 0.555 e. The highest BCUT2D eigenvalue weighted by atomic mass is 35.5. The first kappa shape index (κ1) is 14.7. The Morgan fingerprint density at radius 1 is 1.31 bits per heavy atom. The quantitative estimate of drug-likeness (QED) is 0.415. The lowest BCUT2D eigenvalue weighted by molar-refractivity contribution is -1.05. The summed E-state index contributed by atoms with van der Waals surface area (Å²) >= 11 is 0. The normalized spacial score (nSPS) is 12.6. The lowest BCUT2D eigenvalue weighted by Gasteiger charge is -2.23. The molecule has 0 saturated heterocycles. The van der Waals surface area contributed by atoms with Crippen LogP contribution >= 0.6 is 0 Å². The Morgan fingerprint density at radius 3 is 1.77 bits per heavy atom. The second kappa shape index (κ2) is 5.04. The van der Waals surface area contributed by atoms with Crippen molar-refractivity contribution in [3.8, 4) is 0 Å². The van der Waals surface area contributed by atoms with E-state index in [1.165, 1.54) is 6.92 Å². The SMILES string of the molecule is CC(=O)O[NH+](C(=O)O)C(C)(C)C.[Cl-]. The fourth-order valence-electron chi connectivity index (χ4n) is 0.661. The summed E-state index contributed by atoms with van der Waals surface area (Å²) in [5.74, 6) is -0.609. The van der Waals surface area contributed by atoms with Gasteiger partial charge in [-0.2, -0.15) is 4.79 Å². The van der Waals surface area contributed by atoms with E-state index in [9.17, 15) is 9.59 Å². The van der Waals surface area contributed by atoms with E-state index < -0.39 is 17.6 Å². The molecular weight excluding hydrogens is 198 g/mol. The molecule has 0 aliphatic carbocycles. The Kier molecular flexibility index (Phi) is 5.69. The van der Waals surface area contributed by atoms with Gasteiger partial charge in [-0.05, 0) is 25.8 Å². The Labute approximate surface area is 83.0 Å². The molecule has 13 heavy (non-hydrogen) atoms. The third kappa shape index (κ3) is 5.43. The number of hydroxylamine groups is 2. The van der Waals surface area contributed by atoms with Gasteiger partial charge < -0.3 is 17.5 Å². The van der Waals surface area contributed by atoms with Crippen molar-refractivity contribution in [2.24, 2.45) is 0 Å². The third-order valence-corrected chi connectivity index (χ3v) is 1.12. The van der Waals surface area contributed by atoms with Gasteiger partial charge in [-0.25, -0.2) is 4.79 Å². The van der Waals surface area contributed by atoms with Gasteiger partial charge in [0.25, 0.3) is 0 Å². The molecule has 1 amide bonds. The highest BCUT2D eigenvalue weighted by molar-refractivity contribution is 5.66. The first-order valence-electron chi connectivity index (χ1n) is 3.54. The predicted octanol–water partition coefficient (Wildman–Crippen LogP) is -3.17. The molecule has 1 atom stereocenters. The minimum atomic E-state index is -1.20. The van der Waals surface area contributed by atoms with Crippen molar-refractivity contribution in [2.45, 2.75) is 33.2 Å². The van der Waals surface area contributed by atoms with Crippen LogP contribution in [0, 0.1) is 0 Å². The zero-order valence-corrected chi connectivity index (χ0v) is 8.81. The van der Waals surface area contributed by atoms with Gasteiger partial charge in [-0.1, -0.05) is 0 Å². The minimum absolute atomic E-state index is 0. The summed E-state index contributed by atoms with van der Waals surface area (Å²) in [7, 11) is 0. The average molecular weight is 212 g/mol. The zero-order chi connectivity index (χ0) is 9.94. The van der Waals surface area contributed by atoms with Crippen molar-refractivity contribution < 1.29 is 37.0 Å². The molecule has 0 fully saturated rings. The average Bonchev–Trinajstić information content (AvgIpc) is 1.79. The smallest absolute Gasteiger partial charge is 0.555 e. The number of hydrogen-bond acceptors (Lipinski definition) is 3. The largest absolute Gasteiger partial charge is 1.00 e. The molecule has 0 aliphatic heterocycles. The standard InChI is InChI=1S/C7H13NO4.ClH/c1-5(9)12-8(6(10)11)7(2,3)4;/h1-4H3,(H,10,11);1H. The molecule has 6 heteroatoms. The Bertz CT molecular complexity index is 199. The van der Waals surface area contributed by atoms with Crippen molar-refractivity contribution in [2.75, 3.05) is 0 Å². The van der Waals surface area contributed by atoms with Crippen molar-refractivity contribution in [3.05, 3.63) is 0 Å². The molecule has 0 rings (SSSR count). The molecule has 0 aliphatic rings. The van der Waals surface area contributed by atoms with Gasteiger partial charge in [-0.15, -0.1) is 0 Å². The maximum absolute atomic E-state index is 10.6. The molecule has 0 aromatic carbocycles. The molecule has 0 aromatic heterocycles. The van der Waals surface area contributed by atoms with Crippen molar-refractivity contribution >= 4 is 12.1 Å². The van der Waals surface area contributed by atoms with E-state index in [2.05, 4.69) is 4.84 Å². The summed E-state index contributed by atoms with van der Waals surface area (Å²) < 4.78 is 0. The molecule has 2 N–H and O–H groups in total. The lowest BCUT2D eigenvalue weighted by Crippen LogP contribution is -3.20. The highest BCUT2D eigenvalue weighted by Crippen LogP contribution is 1.92. The molecule has 0 radical (unpaired) electrons. The van der Waals surface area contributed by atoms with Crippen LogP contribution in [-0.4, -0.2) is 22.7 Å². The van der Waals surface area contributed by atoms with Gasteiger partial charge in [0.1, 0.15) is 5.54 Å². The number of halogens is 1. The predicted molar refractivity (Wildman–Crippen MR) is 40.5 cm³/mol. The van der Waals surface area contributed by atoms with Crippen LogP contribution in [0.5, 0.6) is 0 Å². The van der Waals surface area contributed by atoms with Crippen LogP contribution in [0.15, 0.2) is 0 Å². The van der Waals surface area contributed by atoms with Gasteiger partial charge in [0.2, 0.25) is 0 Å². The first-order valence-corrected chi connectivity index (χ1v) is 3.54. The van der Waals surface area contributed by atoms with E-state index in [1.807, 2.05) is 0 Å². The van der Waals surface area contributed by atoms with Gasteiger partial charge in [0.15, 0.2) is 0 Å². The van der Waals surface area contributed by atoms with Crippen molar-refractivity contribution in [1.82, 2.24) is 0 Å². The number of hydrogen-bond donors (Lipinski definition) is 2. The minimum Gasteiger partial charge on any atom is -1.00 e. The second-order valence-electron chi connectivity index (χ2n) is 3.48. The summed E-state index contributed by atoms with van der Waals surface area (Å²) in [5, 5.41) is 8.42. The van der Waals surface area contributed by atoms with Crippen LogP contribution in [0.3, 0.4) is 0 Å². The molecule has 0 spiro atoms. The summed E-state index contributed by atoms with van der Waals surface area (Å²) in [6.07, 6.45) is -1.20. The number of carboxylic acid groups (broad SMARTS) is 1. The summed E-state index contributed by atoms with van der Waals surface area (Å²) in [4.78, 5) is 25.6. The fraction of sp³-hybridized carbons (Fsp3) is 0.714. The molecular formula is C7H14ClNO4. The maximum atomic E-state index is 10.6. The molecule has 78 valence electrons. The lowest BCUT2D eigenvalue weighted by atomic mass is 10.1. The van der Waals surface area contributed by atoms with Crippen molar-refractivity contribution in [3.63, 3.8) is 0 Å². The van der Waals surface area contributed by atoms with Gasteiger partial charge >= 0.3 is 12.1 Å². The molecule has 0 saturated carbocycles. The van der Waals surface area contributed by atoms with E-state index in [4.69, 9.17) is 5.11 Å². The first-order chi connectivity index (χ1) is 5.25. The number of carbonyl (C=O) groups is 2. The summed E-state index contributed by atoms with van der Waals surface area (Å²) in [5.41, 5.74) is -0.655. The van der Waals surface area contributed by atoms with E-state index in [0.717, 1.165) is 0 Å². The van der Waals surface area contributed by atoms with E-state index >= 15 is 0 Å². The highest BCUT2D eigenvalue weighted by Gasteiger charge is 2.36. The van der Waals surface area contributed by atoms with Crippen LogP contribution in [0.4, 0.5) is 4.79 Å². The van der Waals surface area contributed by atoms with Gasteiger partial charge in [0.05, 0.1) is 0 Å². The summed E-state index contributed by atoms with van der Waals surface area (Å²) in [6.45, 7) is 6.17. The molecule has 0 heterocycles. The van der Waals surface area contributed by atoms with Crippen LogP contribution < -0.4 is 17.5 Å². The van der Waals surface area contributed by atoms with Crippen LogP contribution in [0.1, 0.15) is 27.7 Å². The van der Waals surface area contributed by atoms with E-state index in [1.54, 1.807) is 20.8 Å². The molecule has 5 nitrogen and oxygen atoms in total.